The van der Waals surface area contributed by atoms with Gasteiger partial charge in [-0.2, -0.15) is 13.2 Å². The molecule has 0 amide bonds. The molecule has 2 aromatic rings. The Kier molecular flexibility index (Phi) is 3.59. The molecule has 6 heteroatoms. The maximum absolute atomic E-state index is 12.8. The first-order valence-electron chi connectivity index (χ1n) is 5.46. The number of alkyl halides is 3. The Balaban J connectivity index is 2.21. The average molecular weight is 268 g/mol. The van der Waals surface area contributed by atoms with E-state index in [1.807, 2.05) is 6.07 Å². The highest BCUT2D eigenvalue weighted by Crippen LogP contribution is 2.36. The van der Waals surface area contributed by atoms with Crippen molar-refractivity contribution in [2.75, 3.05) is 5.73 Å². The molecule has 0 fully saturated rings. The summed E-state index contributed by atoms with van der Waals surface area (Å²) in [4.78, 5) is 3.59. The summed E-state index contributed by atoms with van der Waals surface area (Å²) >= 11 is 0. The van der Waals surface area contributed by atoms with Gasteiger partial charge in [0.2, 0.25) is 5.88 Å². The number of hydrogen-bond donors (Lipinski definition) is 1. The Hall–Kier alpha value is -2.24. The van der Waals surface area contributed by atoms with Gasteiger partial charge in [-0.1, -0.05) is 30.3 Å². The second-order valence-corrected chi connectivity index (χ2v) is 3.89. The number of rotatable bonds is 3. The third-order valence-corrected chi connectivity index (χ3v) is 2.40. The van der Waals surface area contributed by atoms with Gasteiger partial charge in [-0.15, -0.1) is 0 Å². The standard InChI is InChI=1S/C13H11F3N2O/c14-13(15,16)11-6-10(17)7-18-12(11)19-8-9-4-2-1-3-5-9/h1-7H,8,17H2. The van der Waals surface area contributed by atoms with Crippen molar-refractivity contribution in [3.63, 3.8) is 0 Å². The monoisotopic (exact) mass is 268 g/mol. The predicted molar refractivity (Wildman–Crippen MR) is 64.4 cm³/mol. The van der Waals surface area contributed by atoms with Gasteiger partial charge in [0.1, 0.15) is 12.2 Å². The fourth-order valence-electron chi connectivity index (χ4n) is 1.51. The summed E-state index contributed by atoms with van der Waals surface area (Å²) in [5, 5.41) is 0. The molecule has 2 N–H and O–H groups in total. The molecule has 100 valence electrons. The van der Waals surface area contributed by atoms with Gasteiger partial charge in [0.15, 0.2) is 0 Å². The molecule has 0 bridgehead atoms. The smallest absolute Gasteiger partial charge is 0.421 e. The van der Waals surface area contributed by atoms with Gasteiger partial charge in [0, 0.05) is 0 Å². The minimum Gasteiger partial charge on any atom is -0.472 e. The number of nitrogens with two attached hydrogens (primary N) is 1. The van der Waals surface area contributed by atoms with Crippen molar-refractivity contribution in [1.82, 2.24) is 4.98 Å². The van der Waals surface area contributed by atoms with Crippen molar-refractivity contribution in [2.45, 2.75) is 12.8 Å². The third-order valence-electron chi connectivity index (χ3n) is 2.40. The van der Waals surface area contributed by atoms with Gasteiger partial charge in [-0.05, 0) is 11.6 Å². The van der Waals surface area contributed by atoms with Crippen LogP contribution in [0, 0.1) is 0 Å². The quantitative estimate of drug-likeness (QED) is 0.929. The Labute approximate surface area is 107 Å². The van der Waals surface area contributed by atoms with Gasteiger partial charge in [-0.25, -0.2) is 4.98 Å². The van der Waals surface area contributed by atoms with Crippen LogP contribution in [-0.4, -0.2) is 4.98 Å². The second kappa shape index (κ2) is 5.17. The van der Waals surface area contributed by atoms with Gasteiger partial charge in [0.05, 0.1) is 11.9 Å². The van der Waals surface area contributed by atoms with Gasteiger partial charge in [-0.3, -0.25) is 0 Å². The average Bonchev–Trinajstić information content (AvgIpc) is 2.37. The molecular formula is C13H11F3N2O. The Morgan fingerprint density at radius 1 is 1.16 bits per heavy atom. The van der Waals surface area contributed by atoms with Gasteiger partial charge >= 0.3 is 6.18 Å². The van der Waals surface area contributed by atoms with Crippen LogP contribution in [0.3, 0.4) is 0 Å². The number of aromatic nitrogens is 1. The molecule has 1 heterocycles. The number of anilines is 1. The maximum Gasteiger partial charge on any atom is 0.421 e. The molecule has 19 heavy (non-hydrogen) atoms. The zero-order valence-corrected chi connectivity index (χ0v) is 9.82. The number of hydrogen-bond acceptors (Lipinski definition) is 3. The van der Waals surface area contributed by atoms with Crippen molar-refractivity contribution in [1.29, 1.82) is 0 Å². The molecule has 3 nitrogen and oxygen atoms in total. The number of ether oxygens (including phenoxy) is 1. The normalized spacial score (nSPS) is 11.3. The summed E-state index contributed by atoms with van der Waals surface area (Å²) in [5.41, 5.74) is 5.05. The van der Waals surface area contributed by atoms with Crippen LogP contribution in [0.4, 0.5) is 18.9 Å². The van der Waals surface area contributed by atoms with Gasteiger partial charge < -0.3 is 10.5 Å². The second-order valence-electron chi connectivity index (χ2n) is 3.89. The summed E-state index contributed by atoms with van der Waals surface area (Å²) in [7, 11) is 0. The van der Waals surface area contributed by atoms with E-state index in [2.05, 4.69) is 4.98 Å². The predicted octanol–water partition coefficient (Wildman–Crippen LogP) is 3.26. The zero-order valence-electron chi connectivity index (χ0n) is 9.82. The molecule has 0 aliphatic carbocycles. The molecule has 2 rings (SSSR count). The maximum atomic E-state index is 12.8. The number of benzene rings is 1. The summed E-state index contributed by atoms with van der Waals surface area (Å²) in [6.45, 7) is 0.0147. The van der Waals surface area contributed by atoms with Crippen LogP contribution in [0.2, 0.25) is 0 Å². The van der Waals surface area contributed by atoms with Crippen molar-refractivity contribution < 1.29 is 17.9 Å². The fourth-order valence-corrected chi connectivity index (χ4v) is 1.51. The molecule has 0 saturated heterocycles. The minimum atomic E-state index is -4.55. The molecule has 0 saturated carbocycles. The summed E-state index contributed by atoms with van der Waals surface area (Å²) < 4.78 is 43.5. The molecule has 0 atom stereocenters. The van der Waals surface area contributed by atoms with Crippen molar-refractivity contribution >= 4 is 5.69 Å². The molecule has 0 radical (unpaired) electrons. The molecular weight excluding hydrogens is 257 g/mol. The lowest BCUT2D eigenvalue weighted by molar-refractivity contribution is -0.139. The molecule has 1 aromatic heterocycles. The number of nitrogens with zero attached hydrogens (tertiary/aromatic N) is 1. The van der Waals surface area contributed by atoms with E-state index in [1.165, 1.54) is 0 Å². The lowest BCUT2D eigenvalue weighted by Gasteiger charge is -2.13. The summed E-state index contributed by atoms with van der Waals surface area (Å²) in [5.74, 6) is -0.467. The zero-order chi connectivity index (χ0) is 13.9. The minimum absolute atomic E-state index is 0.0147. The van der Waals surface area contributed by atoms with Crippen molar-refractivity contribution in [3.8, 4) is 5.88 Å². The summed E-state index contributed by atoms with van der Waals surface area (Å²) in [6, 6.07) is 9.69. The lowest BCUT2D eigenvalue weighted by atomic mass is 10.2. The molecule has 0 spiro atoms. The Morgan fingerprint density at radius 2 is 1.84 bits per heavy atom. The topological polar surface area (TPSA) is 48.1 Å². The lowest BCUT2D eigenvalue weighted by Crippen LogP contribution is -2.11. The van der Waals surface area contributed by atoms with E-state index >= 15 is 0 Å². The molecule has 0 aliphatic heterocycles. The van der Waals surface area contributed by atoms with Crippen LogP contribution in [0.25, 0.3) is 0 Å². The Bertz CT molecular complexity index is 556. The van der Waals surface area contributed by atoms with E-state index < -0.39 is 17.6 Å². The van der Waals surface area contributed by atoms with Crippen LogP contribution < -0.4 is 10.5 Å². The number of pyridine rings is 1. The van der Waals surface area contributed by atoms with E-state index in [-0.39, 0.29) is 12.3 Å². The largest absolute Gasteiger partial charge is 0.472 e. The first kappa shape index (κ1) is 13.2. The van der Waals surface area contributed by atoms with E-state index in [0.717, 1.165) is 17.8 Å². The van der Waals surface area contributed by atoms with Crippen LogP contribution in [0.15, 0.2) is 42.6 Å². The number of halogens is 3. The van der Waals surface area contributed by atoms with E-state index in [4.69, 9.17) is 10.5 Å². The van der Waals surface area contributed by atoms with Crippen molar-refractivity contribution in [3.05, 3.63) is 53.7 Å². The van der Waals surface area contributed by atoms with E-state index in [1.54, 1.807) is 24.3 Å². The fraction of sp³-hybridized carbons (Fsp3) is 0.154. The highest BCUT2D eigenvalue weighted by atomic mass is 19.4. The highest BCUT2D eigenvalue weighted by molar-refractivity contribution is 5.43. The van der Waals surface area contributed by atoms with E-state index in [9.17, 15) is 13.2 Å². The molecule has 0 aliphatic rings. The van der Waals surface area contributed by atoms with Crippen LogP contribution in [0.5, 0.6) is 5.88 Å². The van der Waals surface area contributed by atoms with Crippen molar-refractivity contribution in [2.24, 2.45) is 0 Å². The van der Waals surface area contributed by atoms with Crippen LogP contribution in [-0.2, 0) is 12.8 Å². The first-order valence-corrected chi connectivity index (χ1v) is 5.46. The highest BCUT2D eigenvalue weighted by Gasteiger charge is 2.35. The Morgan fingerprint density at radius 3 is 2.47 bits per heavy atom. The third kappa shape index (κ3) is 3.37. The first-order chi connectivity index (χ1) is 8.97. The van der Waals surface area contributed by atoms with Crippen LogP contribution >= 0.6 is 0 Å². The SMILES string of the molecule is Nc1cnc(OCc2ccccc2)c(C(F)(F)F)c1. The number of nitrogen functional groups attached to an aromatic ring is 1. The van der Waals surface area contributed by atoms with E-state index in [0.29, 0.717) is 0 Å². The molecule has 1 aromatic carbocycles. The van der Waals surface area contributed by atoms with Gasteiger partial charge in [0.25, 0.3) is 0 Å². The van der Waals surface area contributed by atoms with Crippen LogP contribution in [0.1, 0.15) is 11.1 Å². The summed E-state index contributed by atoms with van der Waals surface area (Å²) in [6.07, 6.45) is -3.41. The molecule has 0 unspecified atom stereocenters.